The fourth-order valence-corrected chi connectivity index (χ4v) is 8.54. The van der Waals surface area contributed by atoms with Crippen molar-refractivity contribution in [3.05, 3.63) is 212 Å². The zero-order valence-corrected chi connectivity index (χ0v) is 34.0. The van der Waals surface area contributed by atoms with Gasteiger partial charge in [-0.1, -0.05) is 145 Å². The number of hydrogen-bond acceptors (Lipinski definition) is 2. The van der Waals surface area contributed by atoms with Crippen molar-refractivity contribution in [2.75, 3.05) is 0 Å². The predicted molar refractivity (Wildman–Crippen MR) is 243 cm³/mol. The van der Waals surface area contributed by atoms with E-state index >= 15 is 0 Å². The van der Waals surface area contributed by atoms with Crippen LogP contribution in [0.25, 0.3) is 105 Å². The summed E-state index contributed by atoms with van der Waals surface area (Å²) in [5.41, 5.74) is 8.81. The third kappa shape index (κ3) is 5.81. The summed E-state index contributed by atoms with van der Waals surface area (Å²) in [4.78, 5) is 5.20. The van der Waals surface area contributed by atoms with E-state index in [0.29, 0.717) is 44.1 Å². The Morgan fingerprint density at radius 1 is 0.550 bits per heavy atom. The molecule has 12 rings (SSSR count). The van der Waals surface area contributed by atoms with Crippen LogP contribution in [0.2, 0.25) is 0 Å². The largest absolute Gasteiger partial charge is 0.510 e. The van der Waals surface area contributed by atoms with E-state index < -0.39 is 0 Å². The maximum Gasteiger partial charge on any atom is 0.136 e. The summed E-state index contributed by atoms with van der Waals surface area (Å²) >= 11 is 0. The monoisotopic (exact) mass is 952 g/mol. The third-order valence-corrected chi connectivity index (χ3v) is 11.2. The standard InChI is InChI=1S/C54H33N4O.Pt/c1-2-14-36(15-3-1)43-23-12-24-47-44-21-5-4-20-42(44)37-16-10-17-38(32-37)48-25-13-29-53(55-48)58-49-26-7-6-22-45(49)46-31-30-41(34-52(46)58)59-40-19-11-18-39(33-40)56-35-57(54(43)47)51-28-9-8-27-50(51)56;/h1-32,35H;/q-3;/i6D,7D,22D,26D;. The Balaban J connectivity index is 0.00000456. The molecule has 0 saturated carbocycles. The van der Waals surface area contributed by atoms with Crippen LogP contribution in [0, 0.1) is 12.1 Å². The predicted octanol–water partition coefficient (Wildman–Crippen LogP) is 13.8. The van der Waals surface area contributed by atoms with E-state index in [2.05, 4.69) is 125 Å². The van der Waals surface area contributed by atoms with Gasteiger partial charge in [-0.25, -0.2) is 4.98 Å². The van der Waals surface area contributed by atoms with Gasteiger partial charge in [-0.15, -0.1) is 29.1 Å². The van der Waals surface area contributed by atoms with Crippen molar-refractivity contribution >= 4 is 82.1 Å². The van der Waals surface area contributed by atoms with E-state index in [-0.39, 0.29) is 45.2 Å². The minimum Gasteiger partial charge on any atom is -0.510 e. The molecule has 0 amide bonds. The van der Waals surface area contributed by atoms with E-state index in [4.69, 9.17) is 14.9 Å². The molecule has 60 heavy (non-hydrogen) atoms. The molecule has 0 radical (unpaired) electrons. The van der Waals surface area contributed by atoms with Gasteiger partial charge in [-0.05, 0) is 79.2 Å². The fourth-order valence-electron chi connectivity index (χ4n) is 8.54. The molecule has 0 unspecified atom stereocenters. The second-order valence-corrected chi connectivity index (χ2v) is 14.6. The number of pyridine rings is 1. The van der Waals surface area contributed by atoms with E-state index in [1.165, 1.54) is 0 Å². The molecule has 0 N–H and O–H groups in total. The summed E-state index contributed by atoms with van der Waals surface area (Å²) in [6, 6.07) is 63.5. The molecule has 0 atom stereocenters. The SMILES string of the molecule is [2H]c1c([2H])c([2H])c2c(c1[2H])c1ccc3[c-]c1n2c1cccc(n1)c1cccc(c1)c1ccccc1c1cccc(-c2ccccc2)c1n1[cH-]n(c2[c-]c(ccc2)o3)-c2ccccc2-1.[Pt]. The molecule has 10 bridgehead atoms. The summed E-state index contributed by atoms with van der Waals surface area (Å²) < 4.78 is 48.1. The maximum absolute atomic E-state index is 9.13. The normalized spacial score (nSPS) is 12.5. The summed E-state index contributed by atoms with van der Waals surface area (Å²) in [6.07, 6.45) is 2.13. The van der Waals surface area contributed by atoms with Crippen LogP contribution in [0.5, 0.6) is 0 Å². The first kappa shape index (κ1) is 31.6. The number of para-hydroxylation sites is 4. The van der Waals surface area contributed by atoms with E-state index in [0.717, 1.165) is 60.5 Å². The van der Waals surface area contributed by atoms with Gasteiger partial charge in [0.25, 0.3) is 0 Å². The van der Waals surface area contributed by atoms with Gasteiger partial charge < -0.3 is 18.0 Å². The Kier molecular flexibility index (Phi) is 7.64. The Morgan fingerprint density at radius 3 is 2.17 bits per heavy atom. The summed E-state index contributed by atoms with van der Waals surface area (Å²) in [7, 11) is 0. The average Bonchev–Trinajstić information content (AvgIpc) is 3.89. The van der Waals surface area contributed by atoms with Crippen molar-refractivity contribution in [1.29, 1.82) is 0 Å². The molecule has 3 aromatic heterocycles. The third-order valence-electron chi connectivity index (χ3n) is 11.2. The van der Waals surface area contributed by atoms with Gasteiger partial charge in [0.15, 0.2) is 0 Å². The molecule has 5 nitrogen and oxygen atoms in total. The first-order valence-electron chi connectivity index (χ1n) is 21.5. The number of imidazole rings is 1. The molecule has 11 aromatic rings. The van der Waals surface area contributed by atoms with Gasteiger partial charge in [0, 0.05) is 49.5 Å². The molecule has 0 saturated heterocycles. The first-order chi connectivity index (χ1) is 30.9. The topological polar surface area (TPSA) is 40.3 Å². The number of fused-ring (bicyclic) bond motifs is 23. The minimum atomic E-state index is -0.323. The second-order valence-electron chi connectivity index (χ2n) is 14.6. The molecule has 0 fully saturated rings. The van der Waals surface area contributed by atoms with Gasteiger partial charge >= 0.3 is 0 Å². The van der Waals surface area contributed by atoms with Crippen LogP contribution in [0.3, 0.4) is 0 Å². The van der Waals surface area contributed by atoms with Gasteiger partial charge in [0.1, 0.15) is 5.65 Å². The Labute approximate surface area is 364 Å². The Hall–Kier alpha value is -7.33. The van der Waals surface area contributed by atoms with Gasteiger partial charge in [0.2, 0.25) is 0 Å². The van der Waals surface area contributed by atoms with Crippen molar-refractivity contribution in [1.82, 2.24) is 18.5 Å². The van der Waals surface area contributed by atoms with Crippen molar-refractivity contribution < 1.29 is 31.0 Å². The molecule has 1 aliphatic heterocycles. The van der Waals surface area contributed by atoms with Crippen LogP contribution in [-0.4, -0.2) is 18.5 Å². The average molecular weight is 953 g/mol. The van der Waals surface area contributed by atoms with Crippen molar-refractivity contribution in [2.45, 2.75) is 0 Å². The number of nitrogens with zero attached hydrogens (tertiary/aromatic N) is 4. The molecular formula is C54H33N4OPt-3. The van der Waals surface area contributed by atoms with Gasteiger partial charge in [-0.2, -0.15) is 24.3 Å². The van der Waals surface area contributed by atoms with Crippen LogP contribution in [0.15, 0.2) is 205 Å². The minimum absolute atomic E-state index is 0. The van der Waals surface area contributed by atoms with Crippen LogP contribution >= 0.6 is 0 Å². The van der Waals surface area contributed by atoms with Gasteiger partial charge in [-0.3, -0.25) is 0 Å². The molecule has 288 valence electrons. The van der Waals surface area contributed by atoms with E-state index in [1.54, 1.807) is 10.5 Å². The van der Waals surface area contributed by atoms with Gasteiger partial charge in [0.05, 0.1) is 11.0 Å². The molecule has 0 spiro atoms. The van der Waals surface area contributed by atoms with Crippen molar-refractivity contribution in [3.63, 3.8) is 0 Å². The molecule has 0 aliphatic carbocycles. The van der Waals surface area contributed by atoms with Crippen LogP contribution in [0.1, 0.15) is 5.48 Å². The second kappa shape index (κ2) is 14.5. The Bertz CT molecular complexity index is 3990. The van der Waals surface area contributed by atoms with Crippen LogP contribution < -0.4 is 0 Å². The Morgan fingerprint density at radius 2 is 1.27 bits per heavy atom. The zero-order chi connectivity index (χ0) is 42.3. The number of aromatic nitrogens is 4. The maximum atomic E-state index is 9.13. The van der Waals surface area contributed by atoms with Crippen LogP contribution in [0.4, 0.5) is 0 Å². The molecule has 8 aromatic carbocycles. The summed E-state index contributed by atoms with van der Waals surface area (Å²) in [5, 5.41) is 6.05. The molecule has 6 heteroatoms. The van der Waals surface area contributed by atoms with Crippen molar-refractivity contribution in [2.24, 2.45) is 0 Å². The van der Waals surface area contributed by atoms with E-state index in [1.807, 2.05) is 66.7 Å². The first-order valence-corrected chi connectivity index (χ1v) is 19.5. The summed E-state index contributed by atoms with van der Waals surface area (Å²) in [5.74, 6) is 0. The number of benzene rings is 8. The smallest absolute Gasteiger partial charge is 0.136 e. The molecule has 4 heterocycles. The van der Waals surface area contributed by atoms with Crippen molar-refractivity contribution in [3.8, 4) is 22.5 Å². The molecular weight excluding hydrogens is 916 g/mol. The quantitative estimate of drug-likeness (QED) is 0.154. The van der Waals surface area contributed by atoms with Crippen LogP contribution in [-0.2, 0) is 21.1 Å². The fraction of sp³-hybridized carbons (Fsp3) is 0. The number of rotatable bonds is 1. The van der Waals surface area contributed by atoms with E-state index in [9.17, 15) is 0 Å². The molecule has 1 aliphatic rings. The summed E-state index contributed by atoms with van der Waals surface area (Å²) in [6.45, 7) is 0. The zero-order valence-electron chi connectivity index (χ0n) is 35.8. The number of hydrogen-bond donors (Lipinski definition) is 0.